The minimum absolute atomic E-state index is 0.0176. The van der Waals surface area contributed by atoms with Crippen molar-refractivity contribution in [3.05, 3.63) is 35.6 Å². The number of nitrogens with two attached hydrogens (primary N) is 1. The van der Waals surface area contributed by atoms with Crippen LogP contribution in [0.2, 0.25) is 0 Å². The SMILES string of the molecule is C[C@@H](N)C(=O)NCCNC(=O)c1ccccc1F. The van der Waals surface area contributed by atoms with Crippen molar-refractivity contribution in [2.45, 2.75) is 13.0 Å². The summed E-state index contributed by atoms with van der Waals surface area (Å²) in [5, 5.41) is 5.03. The molecule has 0 saturated heterocycles. The Labute approximate surface area is 105 Å². The average Bonchev–Trinajstić information content (AvgIpc) is 2.34. The number of hydrogen-bond donors (Lipinski definition) is 3. The summed E-state index contributed by atoms with van der Waals surface area (Å²) in [6, 6.07) is 5.11. The lowest BCUT2D eigenvalue weighted by molar-refractivity contribution is -0.121. The van der Waals surface area contributed by atoms with Gasteiger partial charge in [0.05, 0.1) is 11.6 Å². The Morgan fingerprint density at radius 1 is 1.28 bits per heavy atom. The van der Waals surface area contributed by atoms with Gasteiger partial charge in [-0.1, -0.05) is 12.1 Å². The average molecular weight is 253 g/mol. The van der Waals surface area contributed by atoms with Crippen LogP contribution in [0.25, 0.3) is 0 Å². The van der Waals surface area contributed by atoms with Crippen molar-refractivity contribution in [2.75, 3.05) is 13.1 Å². The second-order valence-corrected chi connectivity index (χ2v) is 3.82. The first-order valence-corrected chi connectivity index (χ1v) is 5.58. The first kappa shape index (κ1) is 14.1. The summed E-state index contributed by atoms with van der Waals surface area (Å²) in [7, 11) is 0. The molecule has 0 aliphatic heterocycles. The molecule has 1 rings (SSSR count). The molecule has 2 amide bonds. The third-order valence-electron chi connectivity index (χ3n) is 2.24. The highest BCUT2D eigenvalue weighted by Crippen LogP contribution is 2.05. The molecule has 0 spiro atoms. The van der Waals surface area contributed by atoms with Gasteiger partial charge in [0.2, 0.25) is 5.91 Å². The zero-order chi connectivity index (χ0) is 13.5. The van der Waals surface area contributed by atoms with E-state index < -0.39 is 17.8 Å². The van der Waals surface area contributed by atoms with Gasteiger partial charge in [-0.25, -0.2) is 4.39 Å². The number of hydrogen-bond acceptors (Lipinski definition) is 3. The predicted octanol–water partition coefficient (Wildman–Crippen LogP) is 0.0189. The summed E-state index contributed by atoms with van der Waals surface area (Å²) in [6.07, 6.45) is 0. The van der Waals surface area contributed by atoms with E-state index in [9.17, 15) is 14.0 Å². The van der Waals surface area contributed by atoms with Gasteiger partial charge in [0.15, 0.2) is 0 Å². The first-order valence-electron chi connectivity index (χ1n) is 5.58. The third-order valence-corrected chi connectivity index (χ3v) is 2.24. The topological polar surface area (TPSA) is 84.2 Å². The van der Waals surface area contributed by atoms with Crippen LogP contribution in [0.5, 0.6) is 0 Å². The van der Waals surface area contributed by atoms with E-state index in [4.69, 9.17) is 5.73 Å². The van der Waals surface area contributed by atoms with Crippen LogP contribution >= 0.6 is 0 Å². The molecule has 0 fully saturated rings. The van der Waals surface area contributed by atoms with Gasteiger partial charge in [-0.15, -0.1) is 0 Å². The van der Waals surface area contributed by atoms with Crippen LogP contribution in [0.4, 0.5) is 4.39 Å². The highest BCUT2D eigenvalue weighted by molar-refractivity contribution is 5.94. The maximum absolute atomic E-state index is 13.2. The largest absolute Gasteiger partial charge is 0.353 e. The smallest absolute Gasteiger partial charge is 0.254 e. The molecule has 6 heteroatoms. The highest BCUT2D eigenvalue weighted by Gasteiger charge is 2.10. The Kier molecular flexibility index (Phi) is 5.26. The first-order chi connectivity index (χ1) is 8.52. The summed E-state index contributed by atoms with van der Waals surface area (Å²) < 4.78 is 13.2. The number of rotatable bonds is 5. The van der Waals surface area contributed by atoms with Gasteiger partial charge in [-0.3, -0.25) is 9.59 Å². The second-order valence-electron chi connectivity index (χ2n) is 3.82. The van der Waals surface area contributed by atoms with E-state index in [1.807, 2.05) is 0 Å². The van der Waals surface area contributed by atoms with Crippen LogP contribution < -0.4 is 16.4 Å². The van der Waals surface area contributed by atoms with Gasteiger partial charge in [0.1, 0.15) is 5.82 Å². The Morgan fingerprint density at radius 3 is 2.50 bits per heavy atom. The maximum Gasteiger partial charge on any atom is 0.254 e. The van der Waals surface area contributed by atoms with Crippen molar-refractivity contribution in [2.24, 2.45) is 5.73 Å². The zero-order valence-corrected chi connectivity index (χ0v) is 10.1. The van der Waals surface area contributed by atoms with E-state index in [1.54, 1.807) is 13.0 Å². The number of amides is 2. The molecule has 1 atom stereocenters. The minimum atomic E-state index is -0.590. The third kappa shape index (κ3) is 4.14. The summed E-state index contributed by atoms with van der Waals surface area (Å²) in [5.41, 5.74) is 5.32. The number of nitrogens with one attached hydrogen (secondary N) is 2. The van der Waals surface area contributed by atoms with Crippen LogP contribution in [0.3, 0.4) is 0 Å². The number of carbonyl (C=O) groups is 2. The van der Waals surface area contributed by atoms with Crippen LogP contribution in [-0.2, 0) is 4.79 Å². The lowest BCUT2D eigenvalue weighted by atomic mass is 10.2. The number of benzene rings is 1. The molecule has 1 aromatic rings. The van der Waals surface area contributed by atoms with E-state index in [0.29, 0.717) is 0 Å². The van der Waals surface area contributed by atoms with Crippen molar-refractivity contribution in [1.82, 2.24) is 10.6 Å². The van der Waals surface area contributed by atoms with Crippen molar-refractivity contribution in [3.63, 3.8) is 0 Å². The van der Waals surface area contributed by atoms with Crippen molar-refractivity contribution in [1.29, 1.82) is 0 Å². The molecule has 0 radical (unpaired) electrons. The molecule has 0 bridgehead atoms. The number of halogens is 1. The molecule has 18 heavy (non-hydrogen) atoms. The summed E-state index contributed by atoms with van der Waals surface area (Å²) >= 11 is 0. The Morgan fingerprint density at radius 2 is 1.89 bits per heavy atom. The molecule has 0 saturated carbocycles. The second kappa shape index (κ2) is 6.70. The van der Waals surface area contributed by atoms with Gasteiger partial charge in [-0.05, 0) is 19.1 Å². The number of carbonyl (C=O) groups excluding carboxylic acids is 2. The van der Waals surface area contributed by atoms with Gasteiger partial charge < -0.3 is 16.4 Å². The maximum atomic E-state index is 13.2. The molecule has 0 aromatic heterocycles. The summed E-state index contributed by atoms with van der Waals surface area (Å²) in [6.45, 7) is 2.03. The van der Waals surface area contributed by atoms with Crippen LogP contribution in [0.1, 0.15) is 17.3 Å². The van der Waals surface area contributed by atoms with Gasteiger partial charge >= 0.3 is 0 Å². The molecule has 1 aromatic carbocycles. The van der Waals surface area contributed by atoms with Crippen LogP contribution in [0, 0.1) is 5.82 Å². The standard InChI is InChI=1S/C12H16FN3O2/c1-8(14)11(17)15-6-7-16-12(18)9-4-2-3-5-10(9)13/h2-5,8H,6-7,14H2,1H3,(H,15,17)(H,16,18)/t8-/m1/s1. The van der Waals surface area contributed by atoms with E-state index >= 15 is 0 Å². The zero-order valence-electron chi connectivity index (χ0n) is 10.1. The van der Waals surface area contributed by atoms with E-state index in [1.165, 1.54) is 18.2 Å². The lowest BCUT2D eigenvalue weighted by Gasteiger charge is -2.09. The Bertz CT molecular complexity index is 435. The lowest BCUT2D eigenvalue weighted by Crippen LogP contribution is -2.42. The fraction of sp³-hybridized carbons (Fsp3) is 0.333. The van der Waals surface area contributed by atoms with Gasteiger partial charge in [0.25, 0.3) is 5.91 Å². The normalized spacial score (nSPS) is 11.7. The molecule has 4 N–H and O–H groups in total. The van der Waals surface area contributed by atoms with Crippen molar-refractivity contribution >= 4 is 11.8 Å². The fourth-order valence-corrected chi connectivity index (χ4v) is 1.26. The Balaban J connectivity index is 2.35. The van der Waals surface area contributed by atoms with Gasteiger partial charge in [-0.2, -0.15) is 0 Å². The predicted molar refractivity (Wildman–Crippen MR) is 65.4 cm³/mol. The summed E-state index contributed by atoms with van der Waals surface area (Å²) in [4.78, 5) is 22.7. The highest BCUT2D eigenvalue weighted by atomic mass is 19.1. The molecule has 0 aliphatic carbocycles. The Hall–Kier alpha value is -1.95. The van der Waals surface area contributed by atoms with Crippen molar-refractivity contribution < 1.29 is 14.0 Å². The van der Waals surface area contributed by atoms with E-state index in [0.717, 1.165) is 0 Å². The molecule has 0 heterocycles. The minimum Gasteiger partial charge on any atom is -0.353 e. The quantitative estimate of drug-likeness (QED) is 0.647. The van der Waals surface area contributed by atoms with Gasteiger partial charge in [0, 0.05) is 13.1 Å². The summed E-state index contributed by atoms with van der Waals surface area (Å²) in [5.74, 6) is -1.38. The molecule has 0 aliphatic rings. The molecule has 5 nitrogen and oxygen atoms in total. The van der Waals surface area contributed by atoms with Crippen LogP contribution in [0.15, 0.2) is 24.3 Å². The fourth-order valence-electron chi connectivity index (χ4n) is 1.26. The van der Waals surface area contributed by atoms with Crippen molar-refractivity contribution in [3.8, 4) is 0 Å². The molecule has 0 unspecified atom stereocenters. The van der Waals surface area contributed by atoms with Crippen LogP contribution in [-0.4, -0.2) is 30.9 Å². The molecule has 98 valence electrons. The molecular formula is C12H16FN3O2. The monoisotopic (exact) mass is 253 g/mol. The molecular weight excluding hydrogens is 237 g/mol. The van der Waals surface area contributed by atoms with E-state index in [2.05, 4.69) is 10.6 Å². The van der Waals surface area contributed by atoms with E-state index in [-0.39, 0.29) is 24.6 Å².